The van der Waals surface area contributed by atoms with Gasteiger partial charge in [-0.05, 0) is 11.1 Å². The van der Waals surface area contributed by atoms with Crippen LogP contribution in [0.5, 0.6) is 0 Å². The Bertz CT molecular complexity index is 520. The van der Waals surface area contributed by atoms with Crippen molar-refractivity contribution in [1.82, 2.24) is 0 Å². The van der Waals surface area contributed by atoms with Gasteiger partial charge < -0.3 is 0 Å². The fourth-order valence-electron chi connectivity index (χ4n) is 3.20. The Labute approximate surface area is 105 Å². The smallest absolute Gasteiger partial charge is 0.0641 e. The van der Waals surface area contributed by atoms with E-state index in [9.17, 15) is 0 Å². The Hall–Kier alpha value is -1.34. The second-order valence-corrected chi connectivity index (χ2v) is 8.21. The molecular weight excluding hydrogens is 220 g/mol. The average molecular weight is 238 g/mol. The van der Waals surface area contributed by atoms with E-state index in [0.29, 0.717) is 0 Å². The predicted octanol–water partition coefficient (Wildman–Crippen LogP) is 2.30. The molecular formula is C16H18Si. The van der Waals surface area contributed by atoms with Gasteiger partial charge >= 0.3 is 0 Å². The highest BCUT2D eigenvalue weighted by atomic mass is 28.3. The van der Waals surface area contributed by atoms with E-state index in [1.807, 2.05) is 0 Å². The minimum absolute atomic E-state index is 0.159. The van der Waals surface area contributed by atoms with Crippen LogP contribution in [0.3, 0.4) is 0 Å². The molecule has 1 heterocycles. The van der Waals surface area contributed by atoms with Crippen LogP contribution in [0.4, 0.5) is 0 Å². The van der Waals surface area contributed by atoms with E-state index in [1.165, 1.54) is 11.1 Å². The minimum Gasteiger partial charge on any atom is -0.0641 e. The monoisotopic (exact) mass is 238 g/mol. The maximum absolute atomic E-state index is 2.45. The van der Waals surface area contributed by atoms with E-state index in [1.54, 1.807) is 10.4 Å². The van der Waals surface area contributed by atoms with Gasteiger partial charge in [-0.25, -0.2) is 0 Å². The quantitative estimate of drug-likeness (QED) is 0.618. The van der Waals surface area contributed by atoms with E-state index in [-0.39, 0.29) is 5.41 Å². The third-order valence-electron chi connectivity index (χ3n) is 4.20. The molecule has 86 valence electrons. The zero-order chi connectivity index (χ0) is 12.0. The van der Waals surface area contributed by atoms with Gasteiger partial charge in [0.15, 0.2) is 0 Å². The van der Waals surface area contributed by atoms with Crippen molar-refractivity contribution in [3.8, 4) is 0 Å². The van der Waals surface area contributed by atoms with Gasteiger partial charge in [0.25, 0.3) is 0 Å². The van der Waals surface area contributed by atoms with Gasteiger partial charge in [-0.1, -0.05) is 79.3 Å². The summed E-state index contributed by atoms with van der Waals surface area (Å²) in [6.45, 7) is 7.16. The van der Waals surface area contributed by atoms with E-state index in [4.69, 9.17) is 0 Å². The van der Waals surface area contributed by atoms with Crippen LogP contribution in [0.25, 0.3) is 0 Å². The maximum Gasteiger partial charge on any atom is 0.100 e. The van der Waals surface area contributed by atoms with Crippen molar-refractivity contribution >= 4 is 19.2 Å². The van der Waals surface area contributed by atoms with Crippen molar-refractivity contribution in [2.45, 2.75) is 25.8 Å². The highest BCUT2D eigenvalue weighted by Gasteiger charge is 2.35. The van der Waals surface area contributed by atoms with Gasteiger partial charge in [-0.2, -0.15) is 0 Å². The van der Waals surface area contributed by atoms with E-state index < -0.39 is 8.80 Å². The van der Waals surface area contributed by atoms with Crippen LogP contribution in [0.2, 0.25) is 6.55 Å². The number of hydrogen-bond acceptors (Lipinski definition) is 0. The lowest BCUT2D eigenvalue weighted by atomic mass is 9.77. The molecule has 17 heavy (non-hydrogen) atoms. The van der Waals surface area contributed by atoms with E-state index in [0.717, 1.165) is 0 Å². The summed E-state index contributed by atoms with van der Waals surface area (Å²) < 4.78 is 0. The number of rotatable bonds is 0. The second-order valence-electron chi connectivity index (χ2n) is 5.52. The lowest BCUT2D eigenvalue weighted by Crippen LogP contribution is -2.52. The Morgan fingerprint density at radius 2 is 1.18 bits per heavy atom. The summed E-state index contributed by atoms with van der Waals surface area (Å²) in [5.41, 5.74) is 3.24. The fourth-order valence-corrected chi connectivity index (χ4v) is 6.18. The highest BCUT2D eigenvalue weighted by Crippen LogP contribution is 2.32. The molecule has 0 amide bonds. The molecule has 0 fully saturated rings. The lowest BCUT2D eigenvalue weighted by molar-refractivity contribution is 0.646. The summed E-state index contributed by atoms with van der Waals surface area (Å²) in [6, 6.07) is 18.0. The van der Waals surface area contributed by atoms with Crippen molar-refractivity contribution in [3.05, 3.63) is 59.7 Å². The van der Waals surface area contributed by atoms with Crippen LogP contribution in [-0.2, 0) is 5.41 Å². The zero-order valence-corrected chi connectivity index (χ0v) is 11.9. The van der Waals surface area contributed by atoms with Gasteiger partial charge in [0.1, 0.15) is 8.80 Å². The molecule has 0 atom stereocenters. The second kappa shape index (κ2) is 3.57. The van der Waals surface area contributed by atoms with Gasteiger partial charge in [0.2, 0.25) is 0 Å². The minimum atomic E-state index is -0.972. The normalized spacial score (nSPS) is 17.4. The molecule has 2 aromatic carbocycles. The first-order valence-corrected chi connectivity index (χ1v) is 8.62. The first-order valence-electron chi connectivity index (χ1n) is 6.31. The Morgan fingerprint density at radius 1 is 0.765 bits per heavy atom. The number of benzene rings is 2. The molecule has 1 heteroatoms. The third kappa shape index (κ3) is 1.42. The van der Waals surface area contributed by atoms with Crippen LogP contribution >= 0.6 is 0 Å². The summed E-state index contributed by atoms with van der Waals surface area (Å²) in [5, 5.41) is 3.24. The van der Waals surface area contributed by atoms with Gasteiger partial charge in [0.05, 0.1) is 0 Å². The molecule has 0 spiro atoms. The van der Waals surface area contributed by atoms with E-state index >= 15 is 0 Å². The summed E-state index contributed by atoms with van der Waals surface area (Å²) in [7, 11) is -0.972. The molecule has 0 nitrogen and oxygen atoms in total. The summed E-state index contributed by atoms with van der Waals surface area (Å²) >= 11 is 0. The van der Waals surface area contributed by atoms with Crippen LogP contribution in [0.15, 0.2) is 48.5 Å². The Kier molecular flexibility index (Phi) is 2.27. The van der Waals surface area contributed by atoms with Crippen LogP contribution in [-0.4, -0.2) is 8.80 Å². The molecule has 1 aliphatic rings. The van der Waals surface area contributed by atoms with Crippen molar-refractivity contribution in [3.63, 3.8) is 0 Å². The standard InChI is InChI=1S/C16H18Si/c1-16(2)12-8-4-6-10-14(12)17(3)15-11-7-5-9-13(15)16/h4-11,17H,1-3H3. The number of fused-ring (bicyclic) bond motifs is 2. The molecule has 0 saturated heterocycles. The maximum atomic E-state index is 2.45. The Morgan fingerprint density at radius 3 is 1.65 bits per heavy atom. The van der Waals surface area contributed by atoms with E-state index in [2.05, 4.69) is 68.9 Å². The largest absolute Gasteiger partial charge is 0.100 e. The number of hydrogen-bond donors (Lipinski definition) is 0. The molecule has 0 saturated carbocycles. The highest BCUT2D eigenvalue weighted by molar-refractivity contribution is 6.85. The first kappa shape index (κ1) is 10.8. The molecule has 3 rings (SSSR count). The van der Waals surface area contributed by atoms with Gasteiger partial charge in [-0.15, -0.1) is 0 Å². The SMILES string of the molecule is C[SiH]1c2ccccc2C(C)(C)c2ccccc21. The molecule has 0 N–H and O–H groups in total. The predicted molar refractivity (Wildman–Crippen MR) is 77.3 cm³/mol. The van der Waals surface area contributed by atoms with Crippen molar-refractivity contribution < 1.29 is 0 Å². The molecule has 0 aromatic heterocycles. The zero-order valence-electron chi connectivity index (χ0n) is 10.7. The van der Waals surface area contributed by atoms with Crippen molar-refractivity contribution in [2.24, 2.45) is 0 Å². The van der Waals surface area contributed by atoms with Gasteiger partial charge in [0, 0.05) is 5.41 Å². The molecule has 0 unspecified atom stereocenters. The molecule has 0 bridgehead atoms. The molecule has 0 aliphatic carbocycles. The molecule has 1 aliphatic heterocycles. The van der Waals surface area contributed by atoms with Crippen LogP contribution < -0.4 is 10.4 Å². The average Bonchev–Trinajstić information content (AvgIpc) is 2.37. The van der Waals surface area contributed by atoms with Crippen LogP contribution in [0, 0.1) is 0 Å². The first-order chi connectivity index (χ1) is 8.12. The van der Waals surface area contributed by atoms with Crippen molar-refractivity contribution in [1.29, 1.82) is 0 Å². The van der Waals surface area contributed by atoms with Gasteiger partial charge in [-0.3, -0.25) is 0 Å². The summed E-state index contributed by atoms with van der Waals surface area (Å²) in [5.74, 6) is 0. The summed E-state index contributed by atoms with van der Waals surface area (Å²) in [6.07, 6.45) is 0. The Balaban J connectivity index is 2.34. The van der Waals surface area contributed by atoms with Crippen molar-refractivity contribution in [2.75, 3.05) is 0 Å². The third-order valence-corrected chi connectivity index (χ3v) is 7.07. The molecule has 0 radical (unpaired) electrons. The lowest BCUT2D eigenvalue weighted by Gasteiger charge is -2.37. The molecule has 2 aromatic rings. The van der Waals surface area contributed by atoms with Crippen LogP contribution in [0.1, 0.15) is 25.0 Å². The fraction of sp³-hybridized carbons (Fsp3) is 0.250. The topological polar surface area (TPSA) is 0 Å². The summed E-state index contributed by atoms with van der Waals surface area (Å²) in [4.78, 5) is 0.